The number of carbonyl (C=O) groups excluding carboxylic acids is 3. The van der Waals surface area contributed by atoms with Gasteiger partial charge in [-0.05, 0) is 55.2 Å². The molecule has 0 aromatic heterocycles. The van der Waals surface area contributed by atoms with Crippen molar-refractivity contribution in [2.24, 2.45) is 5.73 Å². The molecule has 1 aliphatic rings. The maximum absolute atomic E-state index is 12.2. The molecule has 1 aliphatic carbocycles. The summed E-state index contributed by atoms with van der Waals surface area (Å²) in [6.45, 7) is 5.90. The molecule has 0 radical (unpaired) electrons. The van der Waals surface area contributed by atoms with E-state index in [1.54, 1.807) is 20.8 Å². The van der Waals surface area contributed by atoms with Crippen LogP contribution in [0.15, 0.2) is 48.5 Å². The molecule has 3 rings (SSSR count). The van der Waals surface area contributed by atoms with E-state index in [1.165, 1.54) is 11.8 Å². The molecule has 0 heterocycles. The summed E-state index contributed by atoms with van der Waals surface area (Å²) in [5.74, 6) is -0.00548. The van der Waals surface area contributed by atoms with Gasteiger partial charge >= 0.3 is 18.2 Å². The van der Waals surface area contributed by atoms with E-state index in [9.17, 15) is 14.4 Å². The van der Waals surface area contributed by atoms with Gasteiger partial charge in [-0.2, -0.15) is 11.8 Å². The van der Waals surface area contributed by atoms with Gasteiger partial charge in [0.15, 0.2) is 0 Å². The molecule has 188 valence electrons. The van der Waals surface area contributed by atoms with Crippen molar-refractivity contribution < 1.29 is 28.6 Å². The Morgan fingerprint density at radius 1 is 1.03 bits per heavy atom. The molecule has 0 saturated carbocycles. The minimum Gasteiger partial charge on any atom is -0.444 e. The van der Waals surface area contributed by atoms with Gasteiger partial charge in [-0.15, -0.1) is 0 Å². The number of esters is 1. The Bertz CT molecular complexity index is 1010. The molecule has 0 fully saturated rings. The summed E-state index contributed by atoms with van der Waals surface area (Å²) in [6, 6.07) is 15.0. The average Bonchev–Trinajstić information content (AvgIpc) is 3.12. The van der Waals surface area contributed by atoms with Crippen molar-refractivity contribution in [2.45, 2.75) is 44.8 Å². The van der Waals surface area contributed by atoms with Crippen molar-refractivity contribution >= 4 is 30.0 Å². The van der Waals surface area contributed by atoms with Gasteiger partial charge < -0.3 is 25.3 Å². The Morgan fingerprint density at radius 2 is 1.63 bits per heavy atom. The molecule has 2 aromatic carbocycles. The van der Waals surface area contributed by atoms with Crippen molar-refractivity contribution in [3.05, 3.63) is 59.7 Å². The molecule has 3 N–H and O–H groups in total. The van der Waals surface area contributed by atoms with E-state index in [2.05, 4.69) is 5.32 Å². The fourth-order valence-electron chi connectivity index (χ4n) is 3.74. The minimum absolute atomic E-state index is 0.0643. The number of rotatable bonds is 9. The SMILES string of the molecule is CC(C)(C)OC(=O)NCCCSC[C@H](N)C(=O)OC(=O)OCC1c2ccccc2-c2ccccc21. The number of amides is 1. The second kappa shape index (κ2) is 12.1. The summed E-state index contributed by atoms with van der Waals surface area (Å²) in [7, 11) is 0. The highest BCUT2D eigenvalue weighted by atomic mass is 32.2. The highest BCUT2D eigenvalue weighted by Crippen LogP contribution is 2.44. The maximum atomic E-state index is 12.2. The third-order valence-corrected chi connectivity index (χ3v) is 6.42. The zero-order valence-electron chi connectivity index (χ0n) is 20.2. The van der Waals surface area contributed by atoms with Crippen LogP contribution in [0.1, 0.15) is 44.2 Å². The van der Waals surface area contributed by atoms with Gasteiger partial charge in [0.1, 0.15) is 18.2 Å². The van der Waals surface area contributed by atoms with Crippen molar-refractivity contribution in [1.29, 1.82) is 0 Å². The summed E-state index contributed by atoms with van der Waals surface area (Å²) < 4.78 is 15.2. The fraction of sp³-hybridized carbons (Fsp3) is 0.423. The van der Waals surface area contributed by atoms with Crippen molar-refractivity contribution in [2.75, 3.05) is 24.7 Å². The second-order valence-electron chi connectivity index (χ2n) is 9.17. The highest BCUT2D eigenvalue weighted by molar-refractivity contribution is 7.99. The van der Waals surface area contributed by atoms with E-state index in [0.717, 1.165) is 22.3 Å². The molecular weight excluding hydrogens is 468 g/mol. The summed E-state index contributed by atoms with van der Waals surface area (Å²) in [4.78, 5) is 35.9. The van der Waals surface area contributed by atoms with E-state index in [4.69, 9.17) is 19.9 Å². The van der Waals surface area contributed by atoms with Crippen LogP contribution >= 0.6 is 11.8 Å². The van der Waals surface area contributed by atoms with Gasteiger partial charge in [0.25, 0.3) is 0 Å². The Kier molecular flexibility index (Phi) is 9.17. The van der Waals surface area contributed by atoms with Gasteiger partial charge in [-0.25, -0.2) is 14.4 Å². The Balaban J connectivity index is 1.35. The molecule has 0 saturated heterocycles. The molecule has 2 aromatic rings. The fourth-order valence-corrected chi connectivity index (χ4v) is 4.64. The molecular formula is C26H32N2O6S. The molecule has 0 aliphatic heterocycles. The predicted molar refractivity (Wildman–Crippen MR) is 135 cm³/mol. The van der Waals surface area contributed by atoms with Gasteiger partial charge in [-0.1, -0.05) is 48.5 Å². The number of hydrogen-bond donors (Lipinski definition) is 2. The Morgan fingerprint density at radius 3 is 2.23 bits per heavy atom. The number of nitrogens with one attached hydrogen (secondary N) is 1. The lowest BCUT2D eigenvalue weighted by molar-refractivity contribution is -0.140. The van der Waals surface area contributed by atoms with Crippen LogP contribution in [-0.2, 0) is 19.0 Å². The molecule has 9 heteroatoms. The van der Waals surface area contributed by atoms with Crippen LogP contribution in [0.25, 0.3) is 11.1 Å². The van der Waals surface area contributed by atoms with Crippen LogP contribution in [0.4, 0.5) is 9.59 Å². The first-order chi connectivity index (χ1) is 16.7. The quantitative estimate of drug-likeness (QED) is 0.295. The van der Waals surface area contributed by atoms with Crippen LogP contribution in [0.3, 0.4) is 0 Å². The number of thioether (sulfide) groups is 1. The van der Waals surface area contributed by atoms with Crippen LogP contribution < -0.4 is 11.1 Å². The molecule has 0 unspecified atom stereocenters. The number of nitrogens with two attached hydrogens (primary N) is 1. The van der Waals surface area contributed by atoms with E-state index in [1.807, 2.05) is 48.5 Å². The van der Waals surface area contributed by atoms with Crippen molar-refractivity contribution in [3.8, 4) is 11.1 Å². The third kappa shape index (κ3) is 7.73. The monoisotopic (exact) mass is 500 g/mol. The number of fused-ring (bicyclic) bond motifs is 3. The number of hydrogen-bond acceptors (Lipinski definition) is 8. The van der Waals surface area contributed by atoms with Crippen molar-refractivity contribution in [3.63, 3.8) is 0 Å². The Hall–Kier alpha value is -3.04. The Labute approximate surface area is 209 Å². The lowest BCUT2D eigenvalue weighted by Crippen LogP contribution is -2.36. The number of alkyl carbamates (subject to hydrolysis) is 1. The summed E-state index contributed by atoms with van der Waals surface area (Å²) >= 11 is 1.43. The average molecular weight is 501 g/mol. The second-order valence-corrected chi connectivity index (χ2v) is 10.3. The highest BCUT2D eigenvalue weighted by Gasteiger charge is 2.30. The van der Waals surface area contributed by atoms with Gasteiger partial charge in [0.2, 0.25) is 0 Å². The molecule has 0 bridgehead atoms. The first kappa shape index (κ1) is 26.6. The zero-order chi connectivity index (χ0) is 25.4. The van der Waals surface area contributed by atoms with E-state index in [0.29, 0.717) is 18.7 Å². The minimum atomic E-state index is -1.06. The number of benzene rings is 2. The molecule has 0 spiro atoms. The van der Waals surface area contributed by atoms with Crippen LogP contribution in [-0.4, -0.2) is 54.5 Å². The lowest BCUT2D eigenvalue weighted by Gasteiger charge is -2.19. The van der Waals surface area contributed by atoms with Crippen LogP contribution in [0.2, 0.25) is 0 Å². The van der Waals surface area contributed by atoms with Gasteiger partial charge in [0.05, 0.1) is 0 Å². The summed E-state index contributed by atoms with van der Waals surface area (Å²) in [5.41, 5.74) is 9.67. The standard InChI is InChI=1S/C26H32N2O6S/c1-26(2,3)34-24(30)28-13-8-14-35-16-22(27)23(29)33-25(31)32-15-21-19-11-6-4-9-17(19)18-10-5-7-12-20(18)21/h4-7,9-12,21-22H,8,13-16,27H2,1-3H3,(H,28,30)/t22-/m0/s1. The maximum Gasteiger partial charge on any atom is 0.516 e. The first-order valence-corrected chi connectivity index (χ1v) is 12.7. The number of ether oxygens (including phenoxy) is 3. The topological polar surface area (TPSA) is 117 Å². The molecule has 1 amide bonds. The van der Waals surface area contributed by atoms with E-state index in [-0.39, 0.29) is 18.3 Å². The van der Waals surface area contributed by atoms with E-state index < -0.39 is 29.9 Å². The van der Waals surface area contributed by atoms with Gasteiger partial charge in [0, 0.05) is 18.2 Å². The van der Waals surface area contributed by atoms with Gasteiger partial charge in [-0.3, -0.25) is 0 Å². The normalized spacial score (nSPS) is 13.4. The zero-order valence-corrected chi connectivity index (χ0v) is 21.1. The molecule has 8 nitrogen and oxygen atoms in total. The largest absolute Gasteiger partial charge is 0.516 e. The summed E-state index contributed by atoms with van der Waals surface area (Å²) in [5, 5.41) is 2.67. The smallest absolute Gasteiger partial charge is 0.444 e. The molecule has 35 heavy (non-hydrogen) atoms. The predicted octanol–water partition coefficient (Wildman–Crippen LogP) is 4.45. The van der Waals surface area contributed by atoms with E-state index >= 15 is 0 Å². The number of carbonyl (C=O) groups is 3. The van der Waals surface area contributed by atoms with Crippen LogP contribution in [0.5, 0.6) is 0 Å². The summed E-state index contributed by atoms with van der Waals surface area (Å²) in [6.07, 6.45) is -0.845. The first-order valence-electron chi connectivity index (χ1n) is 11.5. The lowest BCUT2D eigenvalue weighted by atomic mass is 9.98. The van der Waals surface area contributed by atoms with Crippen molar-refractivity contribution in [1.82, 2.24) is 5.32 Å². The third-order valence-electron chi connectivity index (χ3n) is 5.25. The van der Waals surface area contributed by atoms with Crippen LogP contribution in [0, 0.1) is 0 Å². The molecule has 1 atom stereocenters.